The van der Waals surface area contributed by atoms with Crippen LogP contribution in [0.3, 0.4) is 0 Å². The molecule has 0 atom stereocenters. The highest BCUT2D eigenvalue weighted by Crippen LogP contribution is 1.97. The lowest BCUT2D eigenvalue weighted by Gasteiger charge is -2.01. The van der Waals surface area contributed by atoms with Crippen molar-refractivity contribution in [2.24, 2.45) is 0 Å². The molecule has 0 radical (unpaired) electrons. The molecule has 0 spiro atoms. The van der Waals surface area contributed by atoms with E-state index in [9.17, 15) is 9.59 Å². The molecule has 0 aliphatic heterocycles. The van der Waals surface area contributed by atoms with E-state index in [1.165, 1.54) is 5.56 Å². The van der Waals surface area contributed by atoms with Gasteiger partial charge in [0, 0.05) is 11.1 Å². The van der Waals surface area contributed by atoms with Gasteiger partial charge in [-0.3, -0.25) is 0 Å². The molecule has 0 saturated carbocycles. The van der Waals surface area contributed by atoms with Crippen LogP contribution in [0.5, 0.6) is 0 Å². The van der Waals surface area contributed by atoms with E-state index < -0.39 is 5.97 Å². The zero-order valence-corrected chi connectivity index (χ0v) is 16.7. The molecule has 0 aliphatic carbocycles. The molecule has 150 valence electrons. The Hall–Kier alpha value is -2.66. The summed E-state index contributed by atoms with van der Waals surface area (Å²) in [5, 5.41) is 8.19. The van der Waals surface area contributed by atoms with Crippen LogP contribution in [0.4, 0.5) is 0 Å². The first kappa shape index (κ1) is 26.6. The highest BCUT2D eigenvalue weighted by atomic mass is 16.5. The summed E-state index contributed by atoms with van der Waals surface area (Å²) < 4.78 is 9.27. The van der Waals surface area contributed by atoms with Gasteiger partial charge in [0.2, 0.25) is 0 Å². The van der Waals surface area contributed by atoms with Crippen molar-refractivity contribution >= 4 is 18.0 Å². The van der Waals surface area contributed by atoms with Crippen LogP contribution in [0.1, 0.15) is 39.2 Å². The standard InChI is InChI=1S/C8H14O2.C8H8.C6H10O3/c1-4-5-6-10-8(9)7(2)3;1-2-8-6-4-3-5-7-8;1-5(2)6(8)9-4-3-7/h2,4-6H2,1,3H3;2-7H,1H2;7H,1,3-4H2,2H3. The lowest BCUT2D eigenvalue weighted by molar-refractivity contribution is -0.140. The highest BCUT2D eigenvalue weighted by Gasteiger charge is 2.00. The summed E-state index contributed by atoms with van der Waals surface area (Å²) in [6.07, 6.45) is 3.81. The largest absolute Gasteiger partial charge is 0.462 e. The number of ether oxygens (including phenoxy) is 2. The molecule has 0 fully saturated rings. The average molecular weight is 376 g/mol. The molecule has 0 heterocycles. The Morgan fingerprint density at radius 2 is 1.48 bits per heavy atom. The number of aliphatic hydroxyl groups is 1. The van der Waals surface area contributed by atoms with E-state index in [1.54, 1.807) is 13.8 Å². The van der Waals surface area contributed by atoms with E-state index in [0.29, 0.717) is 17.8 Å². The normalized spacial score (nSPS) is 8.74. The third-order valence-electron chi connectivity index (χ3n) is 2.79. The van der Waals surface area contributed by atoms with Crippen LogP contribution in [0.25, 0.3) is 6.08 Å². The van der Waals surface area contributed by atoms with Crippen LogP contribution < -0.4 is 0 Å². The number of rotatable bonds is 8. The van der Waals surface area contributed by atoms with Crippen molar-refractivity contribution in [2.45, 2.75) is 33.6 Å². The lowest BCUT2D eigenvalue weighted by Crippen LogP contribution is -2.08. The van der Waals surface area contributed by atoms with E-state index >= 15 is 0 Å². The van der Waals surface area contributed by atoms with Crippen LogP contribution in [-0.2, 0) is 19.1 Å². The van der Waals surface area contributed by atoms with E-state index in [2.05, 4.69) is 31.4 Å². The minimum atomic E-state index is -0.455. The summed E-state index contributed by atoms with van der Waals surface area (Å²) in [6.45, 7) is 16.1. The summed E-state index contributed by atoms with van der Waals surface area (Å²) in [4.78, 5) is 21.2. The second-order valence-electron chi connectivity index (χ2n) is 5.52. The second-order valence-corrected chi connectivity index (χ2v) is 5.52. The van der Waals surface area contributed by atoms with Crippen molar-refractivity contribution < 1.29 is 24.2 Å². The molecule has 0 aromatic heterocycles. The zero-order valence-electron chi connectivity index (χ0n) is 16.7. The molecule has 0 amide bonds. The molecular weight excluding hydrogens is 344 g/mol. The molecule has 1 N–H and O–H groups in total. The maximum absolute atomic E-state index is 10.7. The Balaban J connectivity index is 0. The van der Waals surface area contributed by atoms with Gasteiger partial charge >= 0.3 is 11.9 Å². The maximum Gasteiger partial charge on any atom is 0.333 e. The first-order valence-corrected chi connectivity index (χ1v) is 8.73. The minimum Gasteiger partial charge on any atom is -0.462 e. The van der Waals surface area contributed by atoms with Crippen molar-refractivity contribution in [1.82, 2.24) is 0 Å². The smallest absolute Gasteiger partial charge is 0.333 e. The van der Waals surface area contributed by atoms with Crippen LogP contribution in [-0.4, -0.2) is 36.9 Å². The predicted molar refractivity (Wildman–Crippen MR) is 110 cm³/mol. The summed E-state index contributed by atoms with van der Waals surface area (Å²) >= 11 is 0. The van der Waals surface area contributed by atoms with Gasteiger partial charge in [0.25, 0.3) is 0 Å². The molecule has 5 nitrogen and oxygen atoms in total. The van der Waals surface area contributed by atoms with E-state index in [0.717, 1.165) is 12.8 Å². The maximum atomic E-state index is 10.7. The van der Waals surface area contributed by atoms with Crippen molar-refractivity contribution in [3.63, 3.8) is 0 Å². The van der Waals surface area contributed by atoms with Crippen molar-refractivity contribution in [1.29, 1.82) is 0 Å². The van der Waals surface area contributed by atoms with Crippen LogP contribution in [0, 0.1) is 0 Å². The fourth-order valence-corrected chi connectivity index (χ4v) is 1.28. The molecular formula is C22H32O5. The number of aliphatic hydroxyl groups excluding tert-OH is 1. The van der Waals surface area contributed by atoms with Crippen LogP contribution in [0.2, 0.25) is 0 Å². The topological polar surface area (TPSA) is 72.8 Å². The molecule has 5 heteroatoms. The summed E-state index contributed by atoms with van der Waals surface area (Å²) in [5.74, 6) is -0.738. The summed E-state index contributed by atoms with van der Waals surface area (Å²) in [6, 6.07) is 10.0. The number of hydrogen-bond acceptors (Lipinski definition) is 5. The average Bonchev–Trinajstić information content (AvgIpc) is 2.67. The SMILES string of the molecule is C=C(C)C(=O)OCCCC.C=C(C)C(=O)OCCO.C=Cc1ccccc1. The van der Waals surface area contributed by atoms with Crippen molar-refractivity contribution in [3.05, 3.63) is 66.8 Å². The summed E-state index contributed by atoms with van der Waals surface area (Å²) in [7, 11) is 0. The fraction of sp³-hybridized carbons (Fsp3) is 0.364. The van der Waals surface area contributed by atoms with E-state index in [-0.39, 0.29) is 19.2 Å². The summed E-state index contributed by atoms with van der Waals surface area (Å²) in [5.41, 5.74) is 1.99. The number of carbonyl (C=O) groups excluding carboxylic acids is 2. The number of hydrogen-bond donors (Lipinski definition) is 1. The van der Waals surface area contributed by atoms with Gasteiger partial charge in [0.1, 0.15) is 6.61 Å². The van der Waals surface area contributed by atoms with Gasteiger partial charge in [-0.2, -0.15) is 0 Å². The van der Waals surface area contributed by atoms with Gasteiger partial charge in [-0.05, 0) is 25.8 Å². The van der Waals surface area contributed by atoms with Gasteiger partial charge in [-0.25, -0.2) is 9.59 Å². The van der Waals surface area contributed by atoms with Crippen LogP contribution in [0.15, 0.2) is 61.2 Å². The Labute approximate surface area is 163 Å². The monoisotopic (exact) mass is 376 g/mol. The number of esters is 2. The second kappa shape index (κ2) is 18.1. The van der Waals surface area contributed by atoms with Crippen molar-refractivity contribution in [3.8, 4) is 0 Å². The van der Waals surface area contributed by atoms with E-state index in [4.69, 9.17) is 9.84 Å². The minimum absolute atomic E-state index is 0.0473. The Kier molecular flexibility index (Phi) is 17.9. The van der Waals surface area contributed by atoms with Crippen molar-refractivity contribution in [2.75, 3.05) is 19.8 Å². The number of benzene rings is 1. The third-order valence-corrected chi connectivity index (χ3v) is 2.79. The van der Waals surface area contributed by atoms with Gasteiger partial charge in [-0.15, -0.1) is 0 Å². The Morgan fingerprint density at radius 3 is 1.81 bits per heavy atom. The van der Waals surface area contributed by atoms with Gasteiger partial charge in [0.05, 0.1) is 13.2 Å². The first-order chi connectivity index (χ1) is 12.8. The quantitative estimate of drug-likeness (QED) is 0.415. The highest BCUT2D eigenvalue weighted by molar-refractivity contribution is 5.87. The predicted octanol–water partition coefficient (Wildman–Crippen LogP) is 4.33. The molecule has 0 saturated heterocycles. The van der Waals surface area contributed by atoms with Gasteiger partial charge in [0.15, 0.2) is 0 Å². The zero-order chi connectivity index (χ0) is 21.1. The molecule has 0 unspecified atom stereocenters. The lowest BCUT2D eigenvalue weighted by atomic mass is 10.2. The molecule has 1 rings (SSSR count). The number of carbonyl (C=O) groups is 2. The Bertz CT molecular complexity index is 576. The third kappa shape index (κ3) is 17.9. The molecule has 1 aromatic carbocycles. The first-order valence-electron chi connectivity index (χ1n) is 8.73. The molecule has 0 aliphatic rings. The van der Waals surface area contributed by atoms with Gasteiger partial charge < -0.3 is 14.6 Å². The van der Waals surface area contributed by atoms with Crippen LogP contribution >= 0.6 is 0 Å². The van der Waals surface area contributed by atoms with E-state index in [1.807, 2.05) is 36.4 Å². The Morgan fingerprint density at radius 1 is 1.00 bits per heavy atom. The fourth-order valence-electron chi connectivity index (χ4n) is 1.28. The van der Waals surface area contributed by atoms with Gasteiger partial charge in [-0.1, -0.05) is 69.5 Å². The molecule has 27 heavy (non-hydrogen) atoms. The molecule has 1 aromatic rings. The molecule has 0 bridgehead atoms. The number of unbranched alkanes of at least 4 members (excludes halogenated alkanes) is 1.